The fourth-order valence-corrected chi connectivity index (χ4v) is 2.30. The summed E-state index contributed by atoms with van der Waals surface area (Å²) >= 11 is 0.0990. The molecule has 0 aromatic heterocycles. The van der Waals surface area contributed by atoms with Gasteiger partial charge in [-0.2, -0.15) is 0 Å². The van der Waals surface area contributed by atoms with E-state index >= 15 is 0 Å². The van der Waals surface area contributed by atoms with Crippen molar-refractivity contribution in [3.63, 3.8) is 0 Å². The van der Waals surface area contributed by atoms with Gasteiger partial charge in [-0.3, -0.25) is 4.79 Å². The molecule has 1 aromatic rings. The first-order chi connectivity index (χ1) is 8.68. The number of carboxylic acids is 1. The molecular formula is C11H9F5O2S. The number of thioether (sulfide) groups is 1. The maximum Gasteiger partial charge on any atom is 0.317 e. The first-order valence-corrected chi connectivity index (χ1v) is 5.97. The van der Waals surface area contributed by atoms with Crippen LogP contribution in [-0.4, -0.2) is 16.3 Å². The van der Waals surface area contributed by atoms with Crippen LogP contribution in [0.2, 0.25) is 0 Å². The van der Waals surface area contributed by atoms with E-state index in [9.17, 15) is 26.7 Å². The average molecular weight is 300 g/mol. The summed E-state index contributed by atoms with van der Waals surface area (Å²) in [6.07, 6.45) is 0. The summed E-state index contributed by atoms with van der Waals surface area (Å²) in [4.78, 5) is 9.69. The summed E-state index contributed by atoms with van der Waals surface area (Å²) in [6, 6.07) is 0. The summed E-state index contributed by atoms with van der Waals surface area (Å²) in [5, 5.41) is 7.53. The third-order valence-electron chi connectivity index (χ3n) is 2.26. The highest BCUT2D eigenvalue weighted by molar-refractivity contribution is 8.00. The highest BCUT2D eigenvalue weighted by Crippen LogP contribution is 2.35. The number of benzene rings is 1. The SMILES string of the molecule is CC(C)C(Sc1c(F)c(F)c(F)c(F)c1F)C(=O)O. The summed E-state index contributed by atoms with van der Waals surface area (Å²) in [6.45, 7) is 2.91. The molecule has 19 heavy (non-hydrogen) atoms. The standard InChI is InChI=1S/C11H9F5O2S/c1-3(2)9(11(17)18)19-10-7(15)5(13)4(12)6(14)8(10)16/h3,9H,1-2H3,(H,17,18). The molecule has 106 valence electrons. The number of aliphatic carboxylic acids is 1. The van der Waals surface area contributed by atoms with Crippen molar-refractivity contribution in [3.8, 4) is 0 Å². The maximum atomic E-state index is 13.4. The molecule has 0 aliphatic heterocycles. The van der Waals surface area contributed by atoms with Crippen molar-refractivity contribution in [2.24, 2.45) is 5.92 Å². The highest BCUT2D eigenvalue weighted by Gasteiger charge is 2.31. The van der Waals surface area contributed by atoms with Crippen molar-refractivity contribution in [1.82, 2.24) is 0 Å². The predicted molar refractivity (Wildman–Crippen MR) is 58.4 cm³/mol. The zero-order valence-corrected chi connectivity index (χ0v) is 10.6. The predicted octanol–water partition coefficient (Wildman–Crippen LogP) is 3.58. The summed E-state index contributed by atoms with van der Waals surface area (Å²) < 4.78 is 65.4. The van der Waals surface area contributed by atoms with Gasteiger partial charge in [0, 0.05) is 0 Å². The van der Waals surface area contributed by atoms with Crippen LogP contribution in [0, 0.1) is 35.0 Å². The lowest BCUT2D eigenvalue weighted by Crippen LogP contribution is -2.23. The van der Waals surface area contributed by atoms with Crippen LogP contribution < -0.4 is 0 Å². The normalized spacial score (nSPS) is 12.8. The Labute approximate surface area is 109 Å². The lowest BCUT2D eigenvalue weighted by molar-refractivity contribution is -0.137. The molecule has 0 heterocycles. The Kier molecular flexibility index (Phi) is 4.78. The zero-order chi connectivity index (χ0) is 14.9. The molecule has 0 aliphatic rings. The van der Waals surface area contributed by atoms with E-state index in [0.717, 1.165) is 0 Å². The van der Waals surface area contributed by atoms with Crippen molar-refractivity contribution < 1.29 is 31.9 Å². The molecule has 0 fully saturated rings. The molecule has 1 rings (SSSR count). The Hall–Kier alpha value is -1.31. The van der Waals surface area contributed by atoms with Gasteiger partial charge in [0.2, 0.25) is 5.82 Å². The Bertz CT molecular complexity index is 489. The molecule has 1 unspecified atom stereocenters. The van der Waals surface area contributed by atoms with Crippen LogP contribution in [0.4, 0.5) is 22.0 Å². The molecule has 0 amide bonds. The molecule has 0 spiro atoms. The molecule has 1 N–H and O–H groups in total. The molecule has 1 atom stereocenters. The molecule has 8 heteroatoms. The Balaban J connectivity index is 3.32. The third kappa shape index (κ3) is 2.99. The second-order valence-corrected chi connectivity index (χ2v) is 5.17. The van der Waals surface area contributed by atoms with Crippen molar-refractivity contribution in [3.05, 3.63) is 29.1 Å². The van der Waals surface area contributed by atoms with Crippen molar-refractivity contribution in [2.45, 2.75) is 24.0 Å². The van der Waals surface area contributed by atoms with Crippen molar-refractivity contribution in [1.29, 1.82) is 0 Å². The smallest absolute Gasteiger partial charge is 0.317 e. The van der Waals surface area contributed by atoms with E-state index < -0.39 is 51.1 Å². The molecule has 0 radical (unpaired) electrons. The average Bonchev–Trinajstić information content (AvgIpc) is 2.33. The summed E-state index contributed by atoms with van der Waals surface area (Å²) in [5.41, 5.74) is 0. The minimum Gasteiger partial charge on any atom is -0.480 e. The van der Waals surface area contributed by atoms with Crippen LogP contribution in [0.3, 0.4) is 0 Å². The van der Waals surface area contributed by atoms with Gasteiger partial charge in [-0.05, 0) is 5.92 Å². The van der Waals surface area contributed by atoms with Gasteiger partial charge in [-0.1, -0.05) is 13.8 Å². The van der Waals surface area contributed by atoms with E-state index in [2.05, 4.69) is 0 Å². The Morgan fingerprint density at radius 1 is 0.947 bits per heavy atom. The number of halogens is 5. The molecule has 2 nitrogen and oxygen atoms in total. The molecule has 0 aliphatic carbocycles. The van der Waals surface area contributed by atoms with Crippen LogP contribution in [0.5, 0.6) is 0 Å². The number of hydrogen-bond acceptors (Lipinski definition) is 2. The zero-order valence-electron chi connectivity index (χ0n) is 9.81. The molecular weight excluding hydrogens is 291 g/mol. The van der Waals surface area contributed by atoms with Crippen LogP contribution in [-0.2, 0) is 4.79 Å². The summed E-state index contributed by atoms with van der Waals surface area (Å²) in [7, 11) is 0. The van der Waals surface area contributed by atoms with E-state index in [-0.39, 0.29) is 11.8 Å². The van der Waals surface area contributed by atoms with E-state index in [1.165, 1.54) is 13.8 Å². The van der Waals surface area contributed by atoms with Gasteiger partial charge in [0.1, 0.15) is 5.25 Å². The van der Waals surface area contributed by atoms with Crippen molar-refractivity contribution in [2.75, 3.05) is 0 Å². The first-order valence-electron chi connectivity index (χ1n) is 5.09. The second-order valence-electron chi connectivity index (χ2n) is 4.02. The Morgan fingerprint density at radius 2 is 1.32 bits per heavy atom. The largest absolute Gasteiger partial charge is 0.480 e. The van der Waals surface area contributed by atoms with Crippen LogP contribution in [0.15, 0.2) is 4.90 Å². The van der Waals surface area contributed by atoms with Crippen LogP contribution >= 0.6 is 11.8 Å². The van der Waals surface area contributed by atoms with E-state index in [1.807, 2.05) is 0 Å². The lowest BCUT2D eigenvalue weighted by Gasteiger charge is -2.16. The third-order valence-corrected chi connectivity index (χ3v) is 3.86. The number of carboxylic acid groups (broad SMARTS) is 1. The fourth-order valence-electron chi connectivity index (χ4n) is 1.29. The van der Waals surface area contributed by atoms with Gasteiger partial charge in [0.15, 0.2) is 23.3 Å². The molecule has 0 bridgehead atoms. The molecule has 0 saturated heterocycles. The van der Waals surface area contributed by atoms with Gasteiger partial charge in [-0.15, -0.1) is 11.8 Å². The maximum absolute atomic E-state index is 13.4. The monoisotopic (exact) mass is 300 g/mol. The topological polar surface area (TPSA) is 37.3 Å². The van der Waals surface area contributed by atoms with Gasteiger partial charge < -0.3 is 5.11 Å². The lowest BCUT2D eigenvalue weighted by atomic mass is 10.1. The van der Waals surface area contributed by atoms with Gasteiger partial charge in [0.25, 0.3) is 0 Å². The molecule has 1 aromatic carbocycles. The minimum atomic E-state index is -2.27. The van der Waals surface area contributed by atoms with Crippen LogP contribution in [0.25, 0.3) is 0 Å². The number of rotatable bonds is 4. The fraction of sp³-hybridized carbons (Fsp3) is 0.364. The number of carbonyl (C=O) groups is 1. The van der Waals surface area contributed by atoms with Crippen molar-refractivity contribution >= 4 is 17.7 Å². The van der Waals surface area contributed by atoms with Gasteiger partial charge in [0.05, 0.1) is 4.90 Å². The molecule has 0 saturated carbocycles. The highest BCUT2D eigenvalue weighted by atomic mass is 32.2. The minimum absolute atomic E-state index is 0.0990. The summed E-state index contributed by atoms with van der Waals surface area (Å²) in [5.74, 6) is -12.4. The van der Waals surface area contributed by atoms with Crippen LogP contribution in [0.1, 0.15) is 13.8 Å². The Morgan fingerprint density at radius 3 is 1.63 bits per heavy atom. The van der Waals surface area contributed by atoms with E-state index in [0.29, 0.717) is 0 Å². The van der Waals surface area contributed by atoms with E-state index in [1.54, 1.807) is 0 Å². The van der Waals surface area contributed by atoms with Gasteiger partial charge in [-0.25, -0.2) is 22.0 Å². The first kappa shape index (κ1) is 15.7. The second kappa shape index (κ2) is 5.77. The van der Waals surface area contributed by atoms with Gasteiger partial charge >= 0.3 is 5.97 Å². The quantitative estimate of drug-likeness (QED) is 0.400. The van der Waals surface area contributed by atoms with E-state index in [4.69, 9.17) is 5.11 Å². The number of hydrogen-bond donors (Lipinski definition) is 1.